The fourth-order valence-electron chi connectivity index (χ4n) is 1.66. The van der Waals surface area contributed by atoms with Crippen molar-refractivity contribution in [1.82, 2.24) is 5.32 Å². The van der Waals surface area contributed by atoms with Crippen LogP contribution in [-0.2, 0) is 0 Å². The van der Waals surface area contributed by atoms with Crippen LogP contribution in [0.25, 0.3) is 0 Å². The van der Waals surface area contributed by atoms with Gasteiger partial charge in [-0.2, -0.15) is 0 Å². The van der Waals surface area contributed by atoms with E-state index in [2.05, 4.69) is 17.9 Å². The molecule has 0 spiro atoms. The Morgan fingerprint density at radius 3 is 2.81 bits per heavy atom. The number of halogens is 1. The summed E-state index contributed by atoms with van der Waals surface area (Å²) in [4.78, 5) is 12.0. The summed E-state index contributed by atoms with van der Waals surface area (Å²) in [5.41, 5.74) is 0.457. The zero-order valence-corrected chi connectivity index (χ0v) is 9.93. The summed E-state index contributed by atoms with van der Waals surface area (Å²) in [6.07, 6.45) is 2.37. The number of carbonyl (C=O) groups excluding carboxylic acids is 1. The number of thiol groups is 1. The van der Waals surface area contributed by atoms with Crippen molar-refractivity contribution >= 4 is 18.5 Å². The first kappa shape index (κ1) is 11.5. The topological polar surface area (TPSA) is 29.1 Å². The number of rotatable bonds is 3. The van der Waals surface area contributed by atoms with E-state index in [-0.39, 0.29) is 16.8 Å². The van der Waals surface area contributed by atoms with Crippen molar-refractivity contribution in [3.63, 3.8) is 0 Å². The predicted octanol–water partition coefficient (Wildman–Crippen LogP) is 2.64. The fourth-order valence-corrected chi connectivity index (χ4v) is 1.87. The highest BCUT2D eigenvalue weighted by Crippen LogP contribution is 2.32. The molecule has 86 valence electrons. The second-order valence-electron chi connectivity index (χ2n) is 4.27. The van der Waals surface area contributed by atoms with Crippen LogP contribution in [0.4, 0.5) is 4.39 Å². The van der Waals surface area contributed by atoms with Gasteiger partial charge in [-0.15, -0.1) is 12.6 Å². The zero-order chi connectivity index (χ0) is 11.7. The summed E-state index contributed by atoms with van der Waals surface area (Å²) < 4.78 is 13.0. The average molecular weight is 239 g/mol. The Bertz CT molecular complexity index is 417. The van der Waals surface area contributed by atoms with E-state index in [0.29, 0.717) is 11.5 Å². The molecular weight excluding hydrogens is 225 g/mol. The molecule has 0 heterocycles. The molecule has 1 aromatic rings. The summed E-state index contributed by atoms with van der Waals surface area (Å²) in [5, 5.41) is 2.91. The molecule has 1 aliphatic carbocycles. The molecule has 1 atom stereocenters. The standard InChI is InChI=1S/C12H14FNOS/c1-7(8-2-3-8)14-12(15)9-4-5-10(13)11(16)6-9/h4-8,16H,2-3H2,1H3,(H,14,15). The lowest BCUT2D eigenvalue weighted by Gasteiger charge is -2.12. The van der Waals surface area contributed by atoms with Gasteiger partial charge in [0.05, 0.1) is 0 Å². The van der Waals surface area contributed by atoms with Crippen molar-refractivity contribution in [1.29, 1.82) is 0 Å². The maximum absolute atomic E-state index is 13.0. The van der Waals surface area contributed by atoms with E-state index >= 15 is 0 Å². The molecule has 1 unspecified atom stereocenters. The minimum Gasteiger partial charge on any atom is -0.349 e. The van der Waals surface area contributed by atoms with Crippen LogP contribution < -0.4 is 5.32 Å². The number of benzene rings is 1. The van der Waals surface area contributed by atoms with Crippen LogP contribution in [0.15, 0.2) is 23.1 Å². The average Bonchev–Trinajstić information content (AvgIpc) is 3.05. The van der Waals surface area contributed by atoms with Crippen molar-refractivity contribution in [2.45, 2.75) is 30.7 Å². The van der Waals surface area contributed by atoms with Gasteiger partial charge in [-0.05, 0) is 43.9 Å². The minimum absolute atomic E-state index is 0.158. The Morgan fingerprint density at radius 2 is 2.25 bits per heavy atom. The third-order valence-corrected chi connectivity index (χ3v) is 3.24. The number of nitrogens with one attached hydrogen (secondary N) is 1. The van der Waals surface area contributed by atoms with Crippen molar-refractivity contribution in [2.75, 3.05) is 0 Å². The van der Waals surface area contributed by atoms with Gasteiger partial charge in [-0.3, -0.25) is 4.79 Å². The first-order chi connectivity index (χ1) is 7.58. The van der Waals surface area contributed by atoms with Crippen molar-refractivity contribution in [2.24, 2.45) is 5.92 Å². The predicted molar refractivity (Wildman–Crippen MR) is 63.3 cm³/mol. The molecule has 1 N–H and O–H groups in total. The Hall–Kier alpha value is -1.03. The Balaban J connectivity index is 2.05. The lowest BCUT2D eigenvalue weighted by molar-refractivity contribution is 0.0935. The van der Waals surface area contributed by atoms with Crippen LogP contribution in [0.1, 0.15) is 30.1 Å². The quantitative estimate of drug-likeness (QED) is 0.780. The molecule has 16 heavy (non-hydrogen) atoms. The molecule has 1 fully saturated rings. The van der Waals surface area contributed by atoms with Gasteiger partial charge in [0.1, 0.15) is 5.82 Å². The monoisotopic (exact) mass is 239 g/mol. The molecule has 1 amide bonds. The van der Waals surface area contributed by atoms with Gasteiger partial charge in [0.15, 0.2) is 0 Å². The van der Waals surface area contributed by atoms with Crippen LogP contribution in [0.3, 0.4) is 0 Å². The van der Waals surface area contributed by atoms with E-state index in [4.69, 9.17) is 0 Å². The largest absolute Gasteiger partial charge is 0.349 e. The number of amides is 1. The summed E-state index contributed by atoms with van der Waals surface area (Å²) in [6, 6.07) is 4.39. The summed E-state index contributed by atoms with van der Waals surface area (Å²) >= 11 is 3.95. The molecule has 0 bridgehead atoms. The van der Waals surface area contributed by atoms with Gasteiger partial charge in [0.25, 0.3) is 5.91 Å². The SMILES string of the molecule is CC(NC(=O)c1ccc(F)c(S)c1)C1CC1. The molecule has 2 rings (SSSR count). The molecular formula is C12H14FNOS. The Labute approximate surface area is 99.6 Å². The van der Waals surface area contributed by atoms with Crippen LogP contribution in [0.5, 0.6) is 0 Å². The van der Waals surface area contributed by atoms with Gasteiger partial charge >= 0.3 is 0 Å². The van der Waals surface area contributed by atoms with E-state index in [1.54, 1.807) is 0 Å². The van der Waals surface area contributed by atoms with Crippen LogP contribution >= 0.6 is 12.6 Å². The van der Waals surface area contributed by atoms with Crippen molar-refractivity contribution < 1.29 is 9.18 Å². The lowest BCUT2D eigenvalue weighted by atomic mass is 10.1. The summed E-state index contributed by atoms with van der Waals surface area (Å²) in [7, 11) is 0. The molecule has 2 nitrogen and oxygen atoms in total. The van der Waals surface area contributed by atoms with Crippen LogP contribution in [0.2, 0.25) is 0 Å². The van der Waals surface area contributed by atoms with Crippen molar-refractivity contribution in [3.8, 4) is 0 Å². The third-order valence-electron chi connectivity index (χ3n) is 2.90. The van der Waals surface area contributed by atoms with Crippen LogP contribution in [0, 0.1) is 11.7 Å². The maximum Gasteiger partial charge on any atom is 0.251 e. The number of hydrogen-bond acceptors (Lipinski definition) is 2. The molecule has 1 saturated carbocycles. The van der Waals surface area contributed by atoms with Crippen molar-refractivity contribution in [3.05, 3.63) is 29.6 Å². The first-order valence-electron chi connectivity index (χ1n) is 5.37. The lowest BCUT2D eigenvalue weighted by Crippen LogP contribution is -2.33. The number of carbonyl (C=O) groups is 1. The highest BCUT2D eigenvalue weighted by molar-refractivity contribution is 7.80. The van der Waals surface area contributed by atoms with Crippen LogP contribution in [-0.4, -0.2) is 11.9 Å². The zero-order valence-electron chi connectivity index (χ0n) is 9.03. The molecule has 1 aromatic carbocycles. The van der Waals surface area contributed by atoms with E-state index in [0.717, 1.165) is 0 Å². The smallest absolute Gasteiger partial charge is 0.251 e. The highest BCUT2D eigenvalue weighted by Gasteiger charge is 2.29. The van der Waals surface area contributed by atoms with E-state index < -0.39 is 5.82 Å². The maximum atomic E-state index is 13.0. The molecule has 0 radical (unpaired) electrons. The van der Waals surface area contributed by atoms with E-state index in [1.165, 1.54) is 31.0 Å². The second kappa shape index (κ2) is 4.45. The molecule has 4 heteroatoms. The normalized spacial score (nSPS) is 16.9. The van der Waals surface area contributed by atoms with Gasteiger partial charge in [0.2, 0.25) is 0 Å². The van der Waals surface area contributed by atoms with Gasteiger partial charge in [-0.1, -0.05) is 0 Å². The summed E-state index contributed by atoms with van der Waals surface area (Å²) in [5.74, 6) is 0.0460. The number of hydrogen-bond donors (Lipinski definition) is 2. The van der Waals surface area contributed by atoms with Gasteiger partial charge < -0.3 is 5.32 Å². The third kappa shape index (κ3) is 2.55. The second-order valence-corrected chi connectivity index (χ2v) is 4.75. The van der Waals surface area contributed by atoms with Gasteiger partial charge in [-0.25, -0.2) is 4.39 Å². The fraction of sp³-hybridized carbons (Fsp3) is 0.417. The van der Waals surface area contributed by atoms with E-state index in [1.807, 2.05) is 6.92 Å². The minimum atomic E-state index is -0.407. The van der Waals surface area contributed by atoms with Gasteiger partial charge in [0, 0.05) is 16.5 Å². The molecule has 0 aliphatic heterocycles. The Morgan fingerprint density at radius 1 is 1.56 bits per heavy atom. The molecule has 0 saturated heterocycles. The summed E-state index contributed by atoms with van der Waals surface area (Å²) in [6.45, 7) is 2.00. The Kier molecular flexibility index (Phi) is 3.19. The highest BCUT2D eigenvalue weighted by atomic mass is 32.1. The molecule has 1 aliphatic rings. The van der Waals surface area contributed by atoms with E-state index in [9.17, 15) is 9.18 Å². The molecule has 0 aromatic heterocycles. The first-order valence-corrected chi connectivity index (χ1v) is 5.82.